The van der Waals surface area contributed by atoms with Gasteiger partial charge >= 0.3 is 0 Å². The first-order valence-electron chi connectivity index (χ1n) is 7.32. The van der Waals surface area contributed by atoms with Gasteiger partial charge in [-0.05, 0) is 42.7 Å². The van der Waals surface area contributed by atoms with Crippen LogP contribution < -0.4 is 10.6 Å². The highest BCUT2D eigenvalue weighted by Crippen LogP contribution is 2.30. The van der Waals surface area contributed by atoms with E-state index in [2.05, 4.69) is 4.90 Å². The summed E-state index contributed by atoms with van der Waals surface area (Å²) in [7, 11) is 0. The lowest BCUT2D eigenvalue weighted by Gasteiger charge is -2.19. The molecule has 1 aliphatic heterocycles. The molecule has 0 spiro atoms. The van der Waals surface area contributed by atoms with E-state index in [0.717, 1.165) is 41.9 Å². The van der Waals surface area contributed by atoms with Crippen molar-refractivity contribution in [1.29, 1.82) is 0 Å². The SMILES string of the molecule is CC(=O)c1ccc(CN2CCc3cc(C(N)=O)ccc32)cc1. The van der Waals surface area contributed by atoms with Crippen LogP contribution in [0.1, 0.15) is 38.8 Å². The summed E-state index contributed by atoms with van der Waals surface area (Å²) in [5.41, 5.74) is 10.1. The number of nitrogens with two attached hydrogens (primary N) is 1. The molecule has 0 atom stereocenters. The topological polar surface area (TPSA) is 63.4 Å². The molecule has 112 valence electrons. The second kappa shape index (κ2) is 5.64. The number of benzene rings is 2. The monoisotopic (exact) mass is 294 g/mol. The molecule has 0 unspecified atom stereocenters. The fourth-order valence-corrected chi connectivity index (χ4v) is 2.85. The van der Waals surface area contributed by atoms with Gasteiger partial charge in [-0.1, -0.05) is 24.3 Å². The Morgan fingerprint density at radius 2 is 1.77 bits per heavy atom. The third-order valence-corrected chi connectivity index (χ3v) is 4.09. The maximum atomic E-state index is 11.3. The number of nitrogens with zero attached hydrogens (tertiary/aromatic N) is 1. The van der Waals surface area contributed by atoms with E-state index in [9.17, 15) is 9.59 Å². The number of hydrogen-bond acceptors (Lipinski definition) is 3. The van der Waals surface area contributed by atoms with Gasteiger partial charge in [0.05, 0.1) is 0 Å². The lowest BCUT2D eigenvalue weighted by atomic mass is 10.1. The molecule has 3 rings (SSSR count). The van der Waals surface area contributed by atoms with Crippen molar-refractivity contribution in [2.45, 2.75) is 19.9 Å². The smallest absolute Gasteiger partial charge is 0.248 e. The first-order chi connectivity index (χ1) is 10.5. The van der Waals surface area contributed by atoms with Crippen molar-refractivity contribution in [3.05, 3.63) is 64.7 Å². The normalized spacial score (nSPS) is 13.0. The number of fused-ring (bicyclic) bond motifs is 1. The molecule has 0 saturated heterocycles. The Hall–Kier alpha value is -2.62. The third-order valence-electron chi connectivity index (χ3n) is 4.09. The van der Waals surface area contributed by atoms with Gasteiger partial charge in [0.2, 0.25) is 5.91 Å². The van der Waals surface area contributed by atoms with Crippen molar-refractivity contribution < 1.29 is 9.59 Å². The number of primary amides is 1. The minimum absolute atomic E-state index is 0.0806. The zero-order valence-electron chi connectivity index (χ0n) is 12.5. The van der Waals surface area contributed by atoms with Crippen molar-refractivity contribution >= 4 is 17.4 Å². The number of Topliss-reactive ketones (excluding diaryl/α,β-unsaturated/α-hetero) is 1. The van der Waals surface area contributed by atoms with Crippen LogP contribution in [0.15, 0.2) is 42.5 Å². The van der Waals surface area contributed by atoms with Crippen LogP contribution in [-0.2, 0) is 13.0 Å². The van der Waals surface area contributed by atoms with Crippen LogP contribution in [0, 0.1) is 0 Å². The first kappa shape index (κ1) is 14.3. The Balaban J connectivity index is 1.79. The van der Waals surface area contributed by atoms with E-state index in [1.807, 2.05) is 36.4 Å². The standard InChI is InChI=1S/C18H18N2O2/c1-12(21)14-4-2-13(3-5-14)11-20-9-8-15-10-16(18(19)22)6-7-17(15)20/h2-7,10H,8-9,11H2,1H3,(H2,19,22). The van der Waals surface area contributed by atoms with Crippen LogP contribution in [-0.4, -0.2) is 18.2 Å². The fourth-order valence-electron chi connectivity index (χ4n) is 2.85. The number of ketones is 1. The molecule has 4 heteroatoms. The van der Waals surface area contributed by atoms with Crippen LogP contribution in [0.2, 0.25) is 0 Å². The molecule has 0 radical (unpaired) electrons. The van der Waals surface area contributed by atoms with E-state index in [-0.39, 0.29) is 11.7 Å². The highest BCUT2D eigenvalue weighted by molar-refractivity contribution is 5.94. The van der Waals surface area contributed by atoms with Crippen molar-refractivity contribution in [3.8, 4) is 0 Å². The molecule has 0 aliphatic carbocycles. The summed E-state index contributed by atoms with van der Waals surface area (Å²) in [4.78, 5) is 24.8. The molecule has 4 nitrogen and oxygen atoms in total. The van der Waals surface area contributed by atoms with Crippen molar-refractivity contribution in [2.24, 2.45) is 5.73 Å². The van der Waals surface area contributed by atoms with Gasteiger partial charge in [0.25, 0.3) is 0 Å². The van der Waals surface area contributed by atoms with E-state index in [0.29, 0.717) is 5.56 Å². The Labute approximate surface area is 129 Å². The summed E-state index contributed by atoms with van der Waals surface area (Å²) in [6.07, 6.45) is 0.919. The zero-order chi connectivity index (χ0) is 15.7. The summed E-state index contributed by atoms with van der Waals surface area (Å²) >= 11 is 0. The Bertz CT molecular complexity index is 735. The van der Waals surface area contributed by atoms with Gasteiger partial charge in [0.1, 0.15) is 0 Å². The van der Waals surface area contributed by atoms with Crippen LogP contribution in [0.4, 0.5) is 5.69 Å². The Morgan fingerprint density at radius 1 is 1.09 bits per heavy atom. The summed E-state index contributed by atoms with van der Waals surface area (Å²) in [6.45, 7) is 3.29. The predicted molar refractivity (Wildman–Crippen MR) is 86.2 cm³/mol. The molecule has 2 aromatic rings. The van der Waals surface area contributed by atoms with Gasteiger partial charge < -0.3 is 10.6 Å². The molecule has 1 aliphatic rings. The predicted octanol–water partition coefficient (Wildman–Crippen LogP) is 2.55. The van der Waals surface area contributed by atoms with Gasteiger partial charge in [0.15, 0.2) is 5.78 Å². The second-order valence-electron chi connectivity index (χ2n) is 5.63. The molecule has 2 N–H and O–H groups in total. The number of carbonyl (C=O) groups excluding carboxylic acids is 2. The van der Waals surface area contributed by atoms with Crippen molar-refractivity contribution in [3.63, 3.8) is 0 Å². The average Bonchev–Trinajstić information content (AvgIpc) is 2.90. The quantitative estimate of drug-likeness (QED) is 0.881. The van der Waals surface area contributed by atoms with Crippen LogP contribution >= 0.6 is 0 Å². The molecule has 0 saturated carbocycles. The summed E-state index contributed by atoms with van der Waals surface area (Å²) < 4.78 is 0. The number of amides is 1. The number of hydrogen-bond donors (Lipinski definition) is 1. The van der Waals surface area contributed by atoms with E-state index < -0.39 is 0 Å². The highest BCUT2D eigenvalue weighted by Gasteiger charge is 2.20. The van der Waals surface area contributed by atoms with Gasteiger partial charge in [-0.25, -0.2) is 0 Å². The molecule has 0 fully saturated rings. The summed E-state index contributed by atoms with van der Waals surface area (Å²) in [6, 6.07) is 13.3. The van der Waals surface area contributed by atoms with Crippen molar-refractivity contribution in [2.75, 3.05) is 11.4 Å². The van der Waals surface area contributed by atoms with Gasteiger partial charge in [0, 0.05) is 29.9 Å². The second-order valence-corrected chi connectivity index (χ2v) is 5.63. The number of anilines is 1. The third kappa shape index (κ3) is 2.72. The number of rotatable bonds is 4. The molecular weight excluding hydrogens is 276 g/mol. The van der Waals surface area contributed by atoms with Gasteiger partial charge in [-0.3, -0.25) is 9.59 Å². The van der Waals surface area contributed by atoms with Crippen molar-refractivity contribution in [1.82, 2.24) is 0 Å². The van der Waals surface area contributed by atoms with Gasteiger partial charge in [-0.2, -0.15) is 0 Å². The number of carbonyl (C=O) groups is 2. The minimum atomic E-state index is -0.388. The lowest BCUT2D eigenvalue weighted by Crippen LogP contribution is -2.19. The largest absolute Gasteiger partial charge is 0.367 e. The Kier molecular flexibility index (Phi) is 3.67. The Morgan fingerprint density at radius 3 is 2.41 bits per heavy atom. The van der Waals surface area contributed by atoms with E-state index in [1.54, 1.807) is 13.0 Å². The molecule has 2 aromatic carbocycles. The summed E-state index contributed by atoms with van der Waals surface area (Å²) in [5.74, 6) is -0.307. The highest BCUT2D eigenvalue weighted by atomic mass is 16.1. The molecule has 22 heavy (non-hydrogen) atoms. The minimum Gasteiger partial charge on any atom is -0.367 e. The first-order valence-corrected chi connectivity index (χ1v) is 7.32. The van der Waals surface area contributed by atoms with E-state index in [1.165, 1.54) is 0 Å². The van der Waals surface area contributed by atoms with Crippen LogP contribution in [0.5, 0.6) is 0 Å². The maximum Gasteiger partial charge on any atom is 0.248 e. The molecular formula is C18H18N2O2. The van der Waals surface area contributed by atoms with Gasteiger partial charge in [-0.15, -0.1) is 0 Å². The summed E-state index contributed by atoms with van der Waals surface area (Å²) in [5, 5.41) is 0. The zero-order valence-corrected chi connectivity index (χ0v) is 12.5. The molecule has 0 bridgehead atoms. The van der Waals surface area contributed by atoms with Crippen LogP contribution in [0.25, 0.3) is 0 Å². The van der Waals surface area contributed by atoms with E-state index >= 15 is 0 Å². The average molecular weight is 294 g/mol. The lowest BCUT2D eigenvalue weighted by molar-refractivity contribution is 0.0996. The fraction of sp³-hybridized carbons (Fsp3) is 0.222. The van der Waals surface area contributed by atoms with Crippen LogP contribution in [0.3, 0.4) is 0 Å². The molecule has 1 amide bonds. The maximum absolute atomic E-state index is 11.3. The molecule has 1 heterocycles. The van der Waals surface area contributed by atoms with E-state index in [4.69, 9.17) is 5.73 Å². The molecule has 0 aromatic heterocycles.